The van der Waals surface area contributed by atoms with Gasteiger partial charge in [0.25, 0.3) is 11.8 Å². The molecule has 0 spiro atoms. The van der Waals surface area contributed by atoms with Crippen LogP contribution in [0.1, 0.15) is 22.3 Å². The molecule has 0 bridgehead atoms. The smallest absolute Gasteiger partial charge is 0.338 e. The number of nitrogens with one attached hydrogen (secondary N) is 1. The quantitative estimate of drug-likeness (QED) is 0.349. The minimum atomic E-state index is -1.38. The maximum absolute atomic E-state index is 12.7. The summed E-state index contributed by atoms with van der Waals surface area (Å²) in [7, 11) is 3.89. The highest BCUT2D eigenvalue weighted by Gasteiger charge is 2.34. The molecule has 0 saturated heterocycles. The molecule has 7 nitrogen and oxygen atoms in total. The van der Waals surface area contributed by atoms with Crippen LogP contribution >= 0.6 is 0 Å². The molecule has 2 unspecified atom stereocenters. The maximum atomic E-state index is 12.7. The summed E-state index contributed by atoms with van der Waals surface area (Å²) in [6.07, 6.45) is 7.08. The van der Waals surface area contributed by atoms with Gasteiger partial charge in [0.1, 0.15) is 6.29 Å². The zero-order valence-electron chi connectivity index (χ0n) is 16.5. The van der Waals surface area contributed by atoms with Crippen LogP contribution in [0.3, 0.4) is 0 Å². The molecule has 1 aliphatic rings. The van der Waals surface area contributed by atoms with E-state index in [9.17, 15) is 19.2 Å². The third-order valence-electron chi connectivity index (χ3n) is 4.42. The first-order valence-corrected chi connectivity index (χ1v) is 8.93. The number of rotatable bonds is 5. The Morgan fingerprint density at radius 2 is 1.93 bits per heavy atom. The van der Waals surface area contributed by atoms with Crippen molar-refractivity contribution in [3.63, 3.8) is 0 Å². The molecule has 1 N–H and O–H groups in total. The summed E-state index contributed by atoms with van der Waals surface area (Å²) in [5.74, 6) is 3.96. The second-order valence-corrected chi connectivity index (χ2v) is 6.34. The van der Waals surface area contributed by atoms with Gasteiger partial charge in [-0.25, -0.2) is 4.79 Å². The topological polar surface area (TPSA) is 92.8 Å². The highest BCUT2D eigenvalue weighted by molar-refractivity contribution is 6.07. The molecular weight excluding hydrogens is 372 g/mol. The molecule has 2 amide bonds. The predicted molar refractivity (Wildman–Crippen MR) is 107 cm³/mol. The Hall–Kier alpha value is -3.66. The number of carbonyl (C=O) groups is 4. The molecule has 0 aliphatic heterocycles. The number of amides is 2. The van der Waals surface area contributed by atoms with Gasteiger partial charge in [-0.3, -0.25) is 9.59 Å². The minimum absolute atomic E-state index is 0.0913. The van der Waals surface area contributed by atoms with Crippen molar-refractivity contribution in [1.82, 2.24) is 10.2 Å². The maximum Gasteiger partial charge on any atom is 0.338 e. The molecule has 0 fully saturated rings. The van der Waals surface area contributed by atoms with E-state index in [-0.39, 0.29) is 5.92 Å². The Morgan fingerprint density at radius 1 is 1.24 bits per heavy atom. The van der Waals surface area contributed by atoms with Gasteiger partial charge in [0.2, 0.25) is 6.04 Å². The van der Waals surface area contributed by atoms with Gasteiger partial charge in [-0.2, -0.15) is 0 Å². The van der Waals surface area contributed by atoms with E-state index in [1.165, 1.54) is 14.1 Å². The lowest BCUT2D eigenvalue weighted by Crippen LogP contribution is -2.51. The largest absolute Gasteiger partial charge is 0.467 e. The molecule has 1 aliphatic carbocycles. The first-order chi connectivity index (χ1) is 13.9. The van der Waals surface area contributed by atoms with Crippen molar-refractivity contribution in [2.75, 3.05) is 21.2 Å². The lowest BCUT2D eigenvalue weighted by atomic mass is 9.98. The van der Waals surface area contributed by atoms with Crippen molar-refractivity contribution in [3.05, 3.63) is 59.2 Å². The molecule has 2 rings (SSSR count). The van der Waals surface area contributed by atoms with Crippen LogP contribution in [0, 0.1) is 17.8 Å². The van der Waals surface area contributed by atoms with Crippen molar-refractivity contribution < 1.29 is 23.9 Å². The van der Waals surface area contributed by atoms with E-state index < -0.39 is 23.8 Å². The van der Waals surface area contributed by atoms with Gasteiger partial charge in [-0.1, -0.05) is 30.1 Å². The van der Waals surface area contributed by atoms with Crippen LogP contribution in [0.4, 0.5) is 0 Å². The molecule has 0 aromatic heterocycles. The second-order valence-electron chi connectivity index (χ2n) is 6.34. The van der Waals surface area contributed by atoms with E-state index in [1.54, 1.807) is 24.3 Å². The molecule has 29 heavy (non-hydrogen) atoms. The van der Waals surface area contributed by atoms with Crippen LogP contribution in [0.25, 0.3) is 0 Å². The van der Waals surface area contributed by atoms with Gasteiger partial charge >= 0.3 is 5.97 Å². The number of ether oxygens (including phenoxy) is 1. The van der Waals surface area contributed by atoms with Gasteiger partial charge in [-0.05, 0) is 30.7 Å². The summed E-state index contributed by atoms with van der Waals surface area (Å²) in [6, 6.07) is 5.14. The van der Waals surface area contributed by atoms with E-state index in [1.807, 2.05) is 18.2 Å². The van der Waals surface area contributed by atoms with Crippen LogP contribution in [-0.2, 0) is 19.1 Å². The molecule has 7 heteroatoms. The van der Waals surface area contributed by atoms with Gasteiger partial charge < -0.3 is 19.7 Å². The highest BCUT2D eigenvalue weighted by Crippen LogP contribution is 2.14. The Kier molecular flexibility index (Phi) is 7.49. The fourth-order valence-corrected chi connectivity index (χ4v) is 2.68. The minimum Gasteiger partial charge on any atom is -0.467 e. The summed E-state index contributed by atoms with van der Waals surface area (Å²) in [5, 5.41) is 2.35. The predicted octanol–water partition coefficient (Wildman–Crippen LogP) is 1.10. The summed E-state index contributed by atoms with van der Waals surface area (Å²) in [5.41, 5.74) is 1.84. The Morgan fingerprint density at radius 3 is 2.45 bits per heavy atom. The number of carbonyl (C=O) groups excluding carboxylic acids is 4. The Bertz CT molecular complexity index is 903. The van der Waals surface area contributed by atoms with Crippen LogP contribution in [0.2, 0.25) is 0 Å². The van der Waals surface area contributed by atoms with Crippen molar-refractivity contribution in [2.24, 2.45) is 5.92 Å². The van der Waals surface area contributed by atoms with E-state index in [0.717, 1.165) is 23.9 Å². The molecule has 1 aromatic rings. The van der Waals surface area contributed by atoms with Gasteiger partial charge in [0.15, 0.2) is 0 Å². The van der Waals surface area contributed by atoms with Crippen molar-refractivity contribution in [1.29, 1.82) is 0 Å². The van der Waals surface area contributed by atoms with Crippen LogP contribution in [0.15, 0.2) is 48.1 Å². The fourth-order valence-electron chi connectivity index (χ4n) is 2.68. The van der Waals surface area contributed by atoms with Crippen LogP contribution in [-0.4, -0.2) is 56.2 Å². The summed E-state index contributed by atoms with van der Waals surface area (Å²) >= 11 is 0. The third-order valence-corrected chi connectivity index (χ3v) is 4.42. The standard InChI is InChI=1S/C22H22N2O5/c1-23-20(26)19(22(28)29-3)24(2)21(27)18-12-10-16(11-13-18)5-4-15-6-8-17(14-25)9-7-15/h6-8,10-14,17,19H,9H2,1-3H3,(H,23,26). The first-order valence-electron chi connectivity index (χ1n) is 8.93. The molecular formula is C22H22N2O5. The molecule has 0 heterocycles. The molecule has 0 radical (unpaired) electrons. The number of likely N-dealkylation sites (N-methyl/N-ethyl adjacent to an activating group) is 2. The SMILES string of the molecule is CNC(=O)C(C(=O)OC)N(C)C(=O)c1ccc(C#CC2=CCC(C=O)C=C2)cc1. The number of benzene rings is 1. The van der Waals surface area contributed by atoms with Crippen LogP contribution < -0.4 is 5.32 Å². The monoisotopic (exact) mass is 394 g/mol. The average molecular weight is 394 g/mol. The van der Waals surface area contributed by atoms with E-state index in [2.05, 4.69) is 21.9 Å². The van der Waals surface area contributed by atoms with Crippen molar-refractivity contribution in [2.45, 2.75) is 12.5 Å². The lowest BCUT2D eigenvalue weighted by Gasteiger charge is -2.24. The average Bonchev–Trinajstić information content (AvgIpc) is 2.77. The molecule has 1 aromatic carbocycles. The number of aldehydes is 1. The second kappa shape index (κ2) is 10.0. The number of methoxy groups -OCH3 is 1. The Labute approximate surface area is 169 Å². The van der Waals surface area contributed by atoms with Crippen LogP contribution in [0.5, 0.6) is 0 Å². The molecule has 150 valence electrons. The van der Waals surface area contributed by atoms with E-state index in [4.69, 9.17) is 0 Å². The number of hydrogen-bond donors (Lipinski definition) is 1. The van der Waals surface area contributed by atoms with Gasteiger partial charge in [0, 0.05) is 36.7 Å². The zero-order chi connectivity index (χ0) is 21.4. The van der Waals surface area contributed by atoms with Gasteiger partial charge in [0.05, 0.1) is 7.11 Å². The number of allylic oxidation sites excluding steroid dienone is 4. The summed E-state index contributed by atoms with van der Waals surface area (Å²) in [6.45, 7) is 0. The third kappa shape index (κ3) is 5.42. The molecule has 0 saturated carbocycles. The normalized spacial score (nSPS) is 15.8. The summed E-state index contributed by atoms with van der Waals surface area (Å²) in [4.78, 5) is 48.3. The number of nitrogens with zero attached hydrogens (tertiary/aromatic N) is 1. The Balaban J connectivity index is 2.12. The van der Waals surface area contributed by atoms with E-state index in [0.29, 0.717) is 17.5 Å². The summed E-state index contributed by atoms with van der Waals surface area (Å²) < 4.78 is 4.62. The number of hydrogen-bond acceptors (Lipinski definition) is 5. The van der Waals surface area contributed by atoms with Gasteiger partial charge in [-0.15, -0.1) is 0 Å². The first kappa shape index (κ1) is 21.6. The number of esters is 1. The molecule has 2 atom stereocenters. The highest BCUT2D eigenvalue weighted by atomic mass is 16.5. The lowest BCUT2D eigenvalue weighted by molar-refractivity contribution is -0.150. The van der Waals surface area contributed by atoms with E-state index >= 15 is 0 Å². The zero-order valence-corrected chi connectivity index (χ0v) is 16.5. The van der Waals surface area contributed by atoms with Crippen molar-refractivity contribution in [3.8, 4) is 11.8 Å². The fraction of sp³-hybridized carbons (Fsp3) is 0.273. The van der Waals surface area contributed by atoms with Crippen molar-refractivity contribution >= 4 is 24.1 Å².